The summed E-state index contributed by atoms with van der Waals surface area (Å²) in [5, 5.41) is 21.1. The van der Waals surface area contributed by atoms with Crippen LogP contribution in [0.25, 0.3) is 22.0 Å². The Bertz CT molecular complexity index is 1350. The van der Waals surface area contributed by atoms with E-state index in [0.717, 1.165) is 22.0 Å². The number of carbonyl (C=O) groups excluding carboxylic acids is 1. The maximum Gasteiger partial charge on any atom is 0.258 e. The molecule has 1 fully saturated rings. The van der Waals surface area contributed by atoms with Gasteiger partial charge in [-0.15, -0.1) is 11.3 Å². The van der Waals surface area contributed by atoms with E-state index < -0.39 is 5.60 Å². The summed E-state index contributed by atoms with van der Waals surface area (Å²) < 4.78 is 6.86. The minimum absolute atomic E-state index is 0.279. The molecule has 1 amide bonds. The maximum atomic E-state index is 12.5. The minimum atomic E-state index is -1.49. The number of hydrogen-bond acceptors (Lipinski definition) is 9. The number of amides is 1. The van der Waals surface area contributed by atoms with Gasteiger partial charge in [0.2, 0.25) is 5.95 Å². The lowest BCUT2D eigenvalue weighted by Crippen LogP contribution is -2.36. The van der Waals surface area contributed by atoms with Crippen molar-refractivity contribution in [3.63, 3.8) is 0 Å². The molecule has 0 radical (unpaired) electrons. The first-order valence-electron chi connectivity index (χ1n) is 11.1. The van der Waals surface area contributed by atoms with Crippen molar-refractivity contribution >= 4 is 28.9 Å². The lowest BCUT2D eigenvalue weighted by Gasteiger charge is -2.21. The Hall–Kier alpha value is -3.67. The number of aromatic nitrogens is 5. The second kappa shape index (κ2) is 9.53. The summed E-state index contributed by atoms with van der Waals surface area (Å²) in [4.78, 5) is 27.7. The molecule has 2 N–H and O–H groups in total. The zero-order valence-electron chi connectivity index (χ0n) is 19.4. The number of carbonyl (C=O) groups is 1. The molecule has 0 saturated carbocycles. The van der Waals surface area contributed by atoms with Crippen molar-refractivity contribution in [3.05, 3.63) is 59.9 Å². The summed E-state index contributed by atoms with van der Waals surface area (Å²) in [5.41, 5.74) is 2.14. The molecule has 0 unspecified atom stereocenters. The lowest BCUT2D eigenvalue weighted by molar-refractivity contribution is -0.143. The summed E-state index contributed by atoms with van der Waals surface area (Å²) in [6, 6.07) is 9.19. The van der Waals surface area contributed by atoms with Gasteiger partial charge in [-0.3, -0.25) is 9.48 Å². The van der Waals surface area contributed by atoms with Crippen LogP contribution in [0.2, 0.25) is 0 Å². The standard InChI is InChI=1S/C24H25N7O3S/c1-30-9-7-24(33,22(30)32)17-5-3-4-16(12-17)20-15-35-21(28-20)19-6-8-25-23(29-19)27-18-13-26-31(14-18)10-11-34-2/h3-6,8,12-15,33H,7,9-11H2,1-2H3,(H,25,27,29)/t24-/m1/s1. The number of methoxy groups -OCH3 is 1. The van der Waals surface area contributed by atoms with Crippen molar-refractivity contribution in [1.29, 1.82) is 0 Å². The number of likely N-dealkylation sites (tertiary alicyclic amines) is 1. The van der Waals surface area contributed by atoms with Crippen molar-refractivity contribution in [3.8, 4) is 22.0 Å². The van der Waals surface area contributed by atoms with Gasteiger partial charge in [0.05, 0.1) is 30.7 Å². The third-order valence-electron chi connectivity index (χ3n) is 5.94. The van der Waals surface area contributed by atoms with Crippen LogP contribution in [0.1, 0.15) is 12.0 Å². The highest BCUT2D eigenvalue weighted by Gasteiger charge is 2.45. The summed E-state index contributed by atoms with van der Waals surface area (Å²) in [6.07, 6.45) is 5.63. The maximum absolute atomic E-state index is 12.5. The van der Waals surface area contributed by atoms with Crippen LogP contribution < -0.4 is 5.32 Å². The molecule has 11 heteroatoms. The fourth-order valence-corrected chi connectivity index (χ4v) is 4.78. The van der Waals surface area contributed by atoms with E-state index in [1.54, 1.807) is 42.2 Å². The predicted molar refractivity (Wildman–Crippen MR) is 132 cm³/mol. The van der Waals surface area contributed by atoms with Gasteiger partial charge < -0.3 is 20.1 Å². The Kier molecular flexibility index (Phi) is 6.29. The molecular formula is C24H25N7O3S. The van der Waals surface area contributed by atoms with Gasteiger partial charge in [0.25, 0.3) is 5.91 Å². The Morgan fingerprint density at radius 1 is 1.26 bits per heavy atom. The Balaban J connectivity index is 1.35. The molecule has 1 aromatic carbocycles. The van der Waals surface area contributed by atoms with Crippen LogP contribution in [0.4, 0.5) is 11.6 Å². The summed E-state index contributed by atoms with van der Waals surface area (Å²) in [6.45, 7) is 1.76. The molecule has 0 aliphatic carbocycles. The van der Waals surface area contributed by atoms with E-state index >= 15 is 0 Å². The van der Waals surface area contributed by atoms with Crippen LogP contribution in [0.5, 0.6) is 0 Å². The van der Waals surface area contributed by atoms with Gasteiger partial charge in [-0.2, -0.15) is 5.10 Å². The SMILES string of the molecule is COCCn1cc(Nc2nccc(-c3nc(-c4cccc([C@]5(O)CCN(C)C5=O)c4)cs3)n2)cn1. The van der Waals surface area contributed by atoms with E-state index in [0.29, 0.717) is 43.3 Å². The van der Waals surface area contributed by atoms with Crippen molar-refractivity contribution in [2.75, 3.05) is 32.6 Å². The molecule has 0 bridgehead atoms. The van der Waals surface area contributed by atoms with Gasteiger partial charge in [-0.05, 0) is 17.7 Å². The molecule has 1 aliphatic rings. The largest absolute Gasteiger partial charge is 0.383 e. The number of nitrogens with one attached hydrogen (secondary N) is 1. The van der Waals surface area contributed by atoms with Crippen LogP contribution in [0.3, 0.4) is 0 Å². The van der Waals surface area contributed by atoms with Crippen LogP contribution >= 0.6 is 11.3 Å². The van der Waals surface area contributed by atoms with Gasteiger partial charge in [0.15, 0.2) is 5.60 Å². The molecule has 3 aromatic heterocycles. The quantitative estimate of drug-likeness (QED) is 0.386. The molecule has 1 atom stereocenters. The third kappa shape index (κ3) is 4.65. The van der Waals surface area contributed by atoms with Crippen LogP contribution in [-0.4, -0.2) is 68.0 Å². The lowest BCUT2D eigenvalue weighted by atomic mass is 9.90. The molecule has 180 valence electrons. The van der Waals surface area contributed by atoms with E-state index in [1.807, 2.05) is 35.8 Å². The zero-order chi connectivity index (χ0) is 24.4. The second-order valence-electron chi connectivity index (χ2n) is 8.33. The van der Waals surface area contributed by atoms with Gasteiger partial charge in [0.1, 0.15) is 10.7 Å². The first kappa shape index (κ1) is 23.1. The number of nitrogens with zero attached hydrogens (tertiary/aromatic N) is 6. The van der Waals surface area contributed by atoms with Crippen LogP contribution in [0.15, 0.2) is 54.3 Å². The average molecular weight is 492 g/mol. The van der Waals surface area contributed by atoms with Gasteiger partial charge in [-0.25, -0.2) is 15.0 Å². The van der Waals surface area contributed by atoms with Crippen LogP contribution in [-0.2, 0) is 21.7 Å². The molecule has 10 nitrogen and oxygen atoms in total. The van der Waals surface area contributed by atoms with E-state index in [4.69, 9.17) is 9.72 Å². The summed E-state index contributed by atoms with van der Waals surface area (Å²) in [5.74, 6) is 0.164. The first-order valence-corrected chi connectivity index (χ1v) is 12.0. The second-order valence-corrected chi connectivity index (χ2v) is 9.19. The number of benzene rings is 1. The highest BCUT2D eigenvalue weighted by Crippen LogP contribution is 2.35. The van der Waals surface area contributed by atoms with Gasteiger partial charge >= 0.3 is 0 Å². The minimum Gasteiger partial charge on any atom is -0.383 e. The fraction of sp³-hybridized carbons (Fsp3) is 0.292. The predicted octanol–water partition coefficient (Wildman–Crippen LogP) is 2.90. The van der Waals surface area contributed by atoms with Gasteiger partial charge in [0, 0.05) is 50.5 Å². The highest BCUT2D eigenvalue weighted by molar-refractivity contribution is 7.13. The number of rotatable bonds is 8. The summed E-state index contributed by atoms with van der Waals surface area (Å²) in [7, 11) is 3.36. The molecule has 1 aliphatic heterocycles. The molecule has 5 rings (SSSR count). The Morgan fingerprint density at radius 3 is 2.94 bits per heavy atom. The van der Waals surface area contributed by atoms with Crippen molar-refractivity contribution in [2.24, 2.45) is 0 Å². The van der Waals surface area contributed by atoms with Crippen molar-refractivity contribution in [2.45, 2.75) is 18.6 Å². The van der Waals surface area contributed by atoms with E-state index in [1.165, 1.54) is 11.3 Å². The number of aliphatic hydroxyl groups is 1. The molecular weight excluding hydrogens is 466 g/mol. The molecule has 35 heavy (non-hydrogen) atoms. The van der Waals surface area contributed by atoms with E-state index in [-0.39, 0.29) is 5.91 Å². The molecule has 1 saturated heterocycles. The van der Waals surface area contributed by atoms with Crippen molar-refractivity contribution < 1.29 is 14.6 Å². The monoisotopic (exact) mass is 491 g/mol. The number of hydrogen-bond donors (Lipinski definition) is 2. The normalized spacial score (nSPS) is 17.8. The number of anilines is 2. The van der Waals surface area contributed by atoms with Gasteiger partial charge in [-0.1, -0.05) is 18.2 Å². The zero-order valence-corrected chi connectivity index (χ0v) is 20.2. The highest BCUT2D eigenvalue weighted by atomic mass is 32.1. The molecule has 0 spiro atoms. The number of thiazole rings is 1. The number of ether oxygens (including phenoxy) is 1. The average Bonchev–Trinajstić information content (AvgIpc) is 3.61. The van der Waals surface area contributed by atoms with E-state index in [2.05, 4.69) is 20.4 Å². The molecule has 4 aromatic rings. The number of likely N-dealkylation sites (N-methyl/N-ethyl adjacent to an activating group) is 1. The first-order chi connectivity index (χ1) is 17.0. The van der Waals surface area contributed by atoms with Crippen LogP contribution in [0, 0.1) is 0 Å². The molecule has 4 heterocycles. The van der Waals surface area contributed by atoms with Crippen molar-refractivity contribution in [1.82, 2.24) is 29.6 Å². The smallest absolute Gasteiger partial charge is 0.258 e. The Morgan fingerprint density at radius 2 is 2.14 bits per heavy atom. The Labute approximate surface area is 206 Å². The third-order valence-corrected chi connectivity index (χ3v) is 6.80. The summed E-state index contributed by atoms with van der Waals surface area (Å²) >= 11 is 1.47. The fourth-order valence-electron chi connectivity index (χ4n) is 3.98. The topological polar surface area (TPSA) is 118 Å². The van der Waals surface area contributed by atoms with E-state index in [9.17, 15) is 9.90 Å².